The van der Waals surface area contributed by atoms with E-state index < -0.39 is 12.1 Å². The quantitative estimate of drug-likeness (QED) is 0.764. The Morgan fingerprint density at radius 2 is 2.00 bits per heavy atom. The van der Waals surface area contributed by atoms with Crippen molar-refractivity contribution in [3.8, 4) is 0 Å². The van der Waals surface area contributed by atoms with Crippen molar-refractivity contribution >= 4 is 6.03 Å². The van der Waals surface area contributed by atoms with Gasteiger partial charge in [0.2, 0.25) is 0 Å². The first-order chi connectivity index (χ1) is 11.1. The summed E-state index contributed by atoms with van der Waals surface area (Å²) in [6.45, 7) is 2.13. The van der Waals surface area contributed by atoms with Crippen LogP contribution >= 0.6 is 0 Å². The number of pyridine rings is 1. The van der Waals surface area contributed by atoms with Gasteiger partial charge < -0.3 is 15.7 Å². The lowest BCUT2D eigenvalue weighted by Crippen LogP contribution is -2.44. The molecule has 0 saturated heterocycles. The van der Waals surface area contributed by atoms with E-state index in [1.54, 1.807) is 13.1 Å². The van der Waals surface area contributed by atoms with E-state index in [9.17, 15) is 14.3 Å². The maximum absolute atomic E-state index is 12.9. The van der Waals surface area contributed by atoms with Crippen molar-refractivity contribution < 1.29 is 14.3 Å². The van der Waals surface area contributed by atoms with Crippen LogP contribution in [0.2, 0.25) is 0 Å². The molecule has 5 nitrogen and oxygen atoms in total. The Morgan fingerprint density at radius 1 is 1.26 bits per heavy atom. The molecule has 2 atom stereocenters. The number of aliphatic hydroxyl groups excluding tert-OH is 1. The number of aliphatic hydroxyl groups is 1. The first-order valence-corrected chi connectivity index (χ1v) is 7.44. The van der Waals surface area contributed by atoms with Gasteiger partial charge in [-0.1, -0.05) is 18.2 Å². The first-order valence-electron chi connectivity index (χ1n) is 7.44. The van der Waals surface area contributed by atoms with Crippen LogP contribution in [0.5, 0.6) is 0 Å². The number of hydrogen-bond donors (Lipinski definition) is 3. The predicted octanol–water partition coefficient (Wildman–Crippen LogP) is 2.18. The second-order valence-electron chi connectivity index (χ2n) is 5.26. The van der Waals surface area contributed by atoms with Crippen LogP contribution in [0, 0.1) is 5.82 Å². The molecule has 0 aliphatic rings. The fourth-order valence-corrected chi connectivity index (χ4v) is 2.14. The lowest BCUT2D eigenvalue weighted by atomic mass is 10.0. The van der Waals surface area contributed by atoms with Crippen molar-refractivity contribution in [3.63, 3.8) is 0 Å². The normalized spacial score (nSPS) is 13.2. The molecule has 122 valence electrons. The molecule has 0 unspecified atom stereocenters. The van der Waals surface area contributed by atoms with E-state index in [0.717, 1.165) is 5.69 Å². The highest BCUT2D eigenvalue weighted by atomic mass is 19.1. The van der Waals surface area contributed by atoms with Crippen LogP contribution in [-0.4, -0.2) is 28.7 Å². The van der Waals surface area contributed by atoms with Gasteiger partial charge in [0.15, 0.2) is 0 Å². The number of aromatic nitrogens is 1. The summed E-state index contributed by atoms with van der Waals surface area (Å²) in [6.07, 6.45) is 1.43. The van der Waals surface area contributed by atoms with Gasteiger partial charge in [-0.2, -0.15) is 0 Å². The van der Waals surface area contributed by atoms with E-state index in [4.69, 9.17) is 0 Å². The summed E-state index contributed by atoms with van der Waals surface area (Å²) in [6, 6.07) is 10.3. The zero-order valence-electron chi connectivity index (χ0n) is 12.9. The van der Waals surface area contributed by atoms with Crippen LogP contribution in [0.4, 0.5) is 9.18 Å². The smallest absolute Gasteiger partial charge is 0.315 e. The summed E-state index contributed by atoms with van der Waals surface area (Å²) in [4.78, 5) is 16.0. The van der Waals surface area contributed by atoms with E-state index in [0.29, 0.717) is 18.5 Å². The van der Waals surface area contributed by atoms with Crippen molar-refractivity contribution in [2.45, 2.75) is 25.5 Å². The number of halogens is 1. The molecule has 0 spiro atoms. The fraction of sp³-hybridized carbons (Fsp3) is 0.294. The van der Waals surface area contributed by atoms with Crippen LogP contribution in [-0.2, 0) is 6.42 Å². The van der Waals surface area contributed by atoms with Crippen molar-refractivity contribution in [1.29, 1.82) is 0 Å². The van der Waals surface area contributed by atoms with E-state index in [-0.39, 0.29) is 11.8 Å². The third kappa shape index (κ3) is 5.34. The third-order valence-corrected chi connectivity index (χ3v) is 3.44. The number of carbonyl (C=O) groups is 1. The molecule has 23 heavy (non-hydrogen) atoms. The lowest BCUT2D eigenvalue weighted by molar-refractivity contribution is 0.137. The van der Waals surface area contributed by atoms with E-state index >= 15 is 0 Å². The van der Waals surface area contributed by atoms with Gasteiger partial charge in [0.05, 0.1) is 12.1 Å². The number of benzene rings is 1. The molecule has 0 aliphatic heterocycles. The Hall–Kier alpha value is -2.47. The molecular weight excluding hydrogens is 297 g/mol. The minimum absolute atomic E-state index is 0.366. The summed E-state index contributed by atoms with van der Waals surface area (Å²) in [5, 5.41) is 15.5. The van der Waals surface area contributed by atoms with Gasteiger partial charge in [-0.3, -0.25) is 4.98 Å². The summed E-state index contributed by atoms with van der Waals surface area (Å²) in [7, 11) is 0. The maximum atomic E-state index is 12.9. The number of nitrogens with zero attached hydrogens (tertiary/aromatic N) is 1. The van der Waals surface area contributed by atoms with Crippen LogP contribution in [0.3, 0.4) is 0 Å². The van der Waals surface area contributed by atoms with Crippen LogP contribution in [0.1, 0.15) is 24.3 Å². The number of hydrogen-bond acceptors (Lipinski definition) is 3. The molecule has 3 N–H and O–H groups in total. The molecule has 0 saturated carbocycles. The Labute approximate surface area is 134 Å². The number of amides is 2. The van der Waals surface area contributed by atoms with Gasteiger partial charge in [0.1, 0.15) is 5.82 Å². The highest BCUT2D eigenvalue weighted by Crippen LogP contribution is 2.16. The predicted molar refractivity (Wildman–Crippen MR) is 85.3 cm³/mol. The molecule has 1 aromatic carbocycles. The van der Waals surface area contributed by atoms with Gasteiger partial charge >= 0.3 is 6.03 Å². The molecule has 0 radical (unpaired) electrons. The van der Waals surface area contributed by atoms with Crippen LogP contribution in [0.25, 0.3) is 0 Å². The topological polar surface area (TPSA) is 74.2 Å². The van der Waals surface area contributed by atoms with Gasteiger partial charge in [0, 0.05) is 24.9 Å². The first kappa shape index (κ1) is 16.9. The fourth-order valence-electron chi connectivity index (χ4n) is 2.14. The molecule has 2 amide bonds. The monoisotopic (exact) mass is 317 g/mol. The Morgan fingerprint density at radius 3 is 2.65 bits per heavy atom. The standard InChI is InChI=1S/C17H20FN3O2/c1-12(16(22)13-5-7-14(18)8-6-13)21-17(23)20-11-9-15-4-2-3-10-19-15/h2-8,10,12,16,22H,9,11H2,1H3,(H2,20,21,23)/t12-,16-/m0/s1. The van der Waals surface area contributed by atoms with E-state index in [2.05, 4.69) is 15.6 Å². The minimum Gasteiger partial charge on any atom is -0.386 e. The second-order valence-corrected chi connectivity index (χ2v) is 5.26. The van der Waals surface area contributed by atoms with Crippen molar-refractivity contribution in [1.82, 2.24) is 15.6 Å². The molecule has 0 bridgehead atoms. The van der Waals surface area contributed by atoms with Crippen molar-refractivity contribution in [2.24, 2.45) is 0 Å². The Bertz CT molecular complexity index is 619. The zero-order chi connectivity index (χ0) is 16.7. The highest BCUT2D eigenvalue weighted by molar-refractivity contribution is 5.74. The Balaban J connectivity index is 1.76. The average molecular weight is 317 g/mol. The number of nitrogens with one attached hydrogen (secondary N) is 2. The van der Waals surface area contributed by atoms with E-state index in [1.165, 1.54) is 24.3 Å². The summed E-state index contributed by atoms with van der Waals surface area (Å²) in [5.74, 6) is -0.367. The maximum Gasteiger partial charge on any atom is 0.315 e. The van der Waals surface area contributed by atoms with Crippen LogP contribution < -0.4 is 10.6 Å². The molecule has 2 rings (SSSR count). The molecule has 1 heterocycles. The molecule has 0 fully saturated rings. The lowest BCUT2D eigenvalue weighted by Gasteiger charge is -2.21. The summed E-state index contributed by atoms with van der Waals surface area (Å²) < 4.78 is 12.9. The molecule has 2 aromatic rings. The van der Waals surface area contributed by atoms with Crippen LogP contribution in [0.15, 0.2) is 48.7 Å². The Kier molecular flexibility index (Phi) is 6.05. The molecule has 0 aliphatic carbocycles. The molecular formula is C17H20FN3O2. The third-order valence-electron chi connectivity index (χ3n) is 3.44. The summed E-state index contributed by atoms with van der Waals surface area (Å²) >= 11 is 0. The average Bonchev–Trinajstić information content (AvgIpc) is 2.56. The number of carbonyl (C=O) groups excluding carboxylic acids is 1. The summed E-state index contributed by atoms with van der Waals surface area (Å²) in [5.41, 5.74) is 1.44. The van der Waals surface area contributed by atoms with Gasteiger partial charge in [0.25, 0.3) is 0 Å². The number of urea groups is 1. The van der Waals surface area contributed by atoms with Gasteiger partial charge in [-0.05, 0) is 36.8 Å². The zero-order valence-corrected chi connectivity index (χ0v) is 12.9. The minimum atomic E-state index is -0.905. The van der Waals surface area contributed by atoms with Crippen molar-refractivity contribution in [3.05, 3.63) is 65.7 Å². The molecule has 1 aromatic heterocycles. The van der Waals surface area contributed by atoms with Gasteiger partial charge in [-0.25, -0.2) is 9.18 Å². The number of rotatable bonds is 6. The SMILES string of the molecule is C[C@H](NC(=O)NCCc1ccccn1)[C@H](O)c1ccc(F)cc1. The highest BCUT2D eigenvalue weighted by Gasteiger charge is 2.18. The van der Waals surface area contributed by atoms with E-state index in [1.807, 2.05) is 18.2 Å². The van der Waals surface area contributed by atoms with Crippen molar-refractivity contribution in [2.75, 3.05) is 6.54 Å². The molecule has 6 heteroatoms. The van der Waals surface area contributed by atoms with Gasteiger partial charge in [-0.15, -0.1) is 0 Å². The second kappa shape index (κ2) is 8.24. The largest absolute Gasteiger partial charge is 0.386 e.